The predicted molar refractivity (Wildman–Crippen MR) is 61.7 cm³/mol. The van der Waals surface area contributed by atoms with Crippen molar-refractivity contribution in [3.63, 3.8) is 0 Å². The highest BCUT2D eigenvalue weighted by molar-refractivity contribution is 5.79. The third-order valence-corrected chi connectivity index (χ3v) is 1.56. The number of aliphatic imine (C=N–C) groups is 1. The standard InChI is InChI=1S/C9H21N3.CHF3/c1-6-7-8-10-9(11(2)3)12(4)5;2-1(3)4/h6-8H2,1-5H3;1H. The largest absolute Gasteiger partial charge is 0.379 e. The van der Waals surface area contributed by atoms with E-state index in [1.165, 1.54) is 12.8 Å². The lowest BCUT2D eigenvalue weighted by molar-refractivity contribution is 0.00819. The van der Waals surface area contributed by atoms with Gasteiger partial charge < -0.3 is 9.80 Å². The molecule has 0 heterocycles. The maximum Gasteiger partial charge on any atom is 0.379 e. The fourth-order valence-corrected chi connectivity index (χ4v) is 1.02. The van der Waals surface area contributed by atoms with Gasteiger partial charge in [0.05, 0.1) is 0 Å². The average molecular weight is 241 g/mol. The van der Waals surface area contributed by atoms with Crippen molar-refractivity contribution in [3.8, 4) is 0 Å². The van der Waals surface area contributed by atoms with Gasteiger partial charge in [-0.2, -0.15) is 13.2 Å². The third-order valence-electron chi connectivity index (χ3n) is 1.56. The van der Waals surface area contributed by atoms with Crippen LogP contribution in [0.1, 0.15) is 19.8 Å². The van der Waals surface area contributed by atoms with E-state index in [4.69, 9.17) is 0 Å². The summed E-state index contributed by atoms with van der Waals surface area (Å²) in [4.78, 5) is 8.56. The molecule has 0 aromatic rings. The van der Waals surface area contributed by atoms with Crippen LogP contribution in [0, 0.1) is 0 Å². The Balaban J connectivity index is 0. The average Bonchev–Trinajstić information content (AvgIpc) is 2.10. The van der Waals surface area contributed by atoms with Crippen LogP contribution in [0.5, 0.6) is 0 Å². The van der Waals surface area contributed by atoms with Gasteiger partial charge >= 0.3 is 6.68 Å². The molecular weight excluding hydrogens is 219 g/mol. The number of rotatable bonds is 3. The normalized spacial score (nSPS) is 9.31. The second-order valence-corrected chi connectivity index (χ2v) is 3.57. The Morgan fingerprint density at radius 2 is 1.44 bits per heavy atom. The van der Waals surface area contributed by atoms with E-state index in [1.807, 2.05) is 38.0 Å². The van der Waals surface area contributed by atoms with Crippen LogP contribution in [0.2, 0.25) is 0 Å². The summed E-state index contributed by atoms with van der Waals surface area (Å²) in [6.07, 6.45) is 2.38. The number of nitrogens with zero attached hydrogens (tertiary/aromatic N) is 3. The Bertz CT molecular complexity index is 169. The van der Waals surface area contributed by atoms with Crippen LogP contribution in [0.15, 0.2) is 4.99 Å². The molecule has 3 nitrogen and oxygen atoms in total. The molecule has 0 fully saturated rings. The fourth-order valence-electron chi connectivity index (χ4n) is 1.02. The number of alkyl halides is 3. The molecular formula is C10H22F3N3. The molecule has 0 rings (SSSR count). The second-order valence-electron chi connectivity index (χ2n) is 3.57. The van der Waals surface area contributed by atoms with Gasteiger partial charge in [-0.05, 0) is 6.42 Å². The first kappa shape index (κ1) is 17.5. The quantitative estimate of drug-likeness (QED) is 0.429. The molecule has 0 aromatic heterocycles. The molecule has 0 bridgehead atoms. The summed E-state index contributed by atoms with van der Waals surface area (Å²) in [6.45, 7) is -0.553. The Morgan fingerprint density at radius 1 is 1.06 bits per heavy atom. The fraction of sp³-hybridized carbons (Fsp3) is 0.900. The number of hydrogen-bond donors (Lipinski definition) is 0. The molecule has 0 aliphatic carbocycles. The minimum absolute atomic E-state index is 0.933. The van der Waals surface area contributed by atoms with Crippen LogP contribution in [0.25, 0.3) is 0 Å². The topological polar surface area (TPSA) is 18.8 Å². The van der Waals surface area contributed by atoms with Crippen molar-refractivity contribution >= 4 is 5.96 Å². The first-order valence-electron chi connectivity index (χ1n) is 5.14. The van der Waals surface area contributed by atoms with Gasteiger partial charge in [0.2, 0.25) is 0 Å². The van der Waals surface area contributed by atoms with E-state index in [-0.39, 0.29) is 0 Å². The van der Waals surface area contributed by atoms with Crippen LogP contribution < -0.4 is 0 Å². The Labute approximate surface area is 95.9 Å². The van der Waals surface area contributed by atoms with E-state index < -0.39 is 6.68 Å². The summed E-state index contributed by atoms with van der Waals surface area (Å²) < 4.78 is 29.0. The highest BCUT2D eigenvalue weighted by atomic mass is 19.4. The van der Waals surface area contributed by atoms with Crippen LogP contribution >= 0.6 is 0 Å². The van der Waals surface area contributed by atoms with E-state index in [0.717, 1.165) is 12.5 Å². The zero-order valence-electron chi connectivity index (χ0n) is 10.7. The first-order valence-corrected chi connectivity index (χ1v) is 5.14. The van der Waals surface area contributed by atoms with E-state index in [2.05, 4.69) is 11.9 Å². The van der Waals surface area contributed by atoms with Gasteiger partial charge in [-0.25, -0.2) is 0 Å². The Hall–Kier alpha value is -0.940. The van der Waals surface area contributed by atoms with E-state index >= 15 is 0 Å². The number of guanidine groups is 1. The van der Waals surface area contributed by atoms with Gasteiger partial charge in [-0.1, -0.05) is 13.3 Å². The summed E-state index contributed by atoms with van der Waals surface area (Å²) >= 11 is 0. The lowest BCUT2D eigenvalue weighted by atomic mass is 10.3. The maximum absolute atomic E-state index is 9.67. The molecule has 16 heavy (non-hydrogen) atoms. The van der Waals surface area contributed by atoms with Gasteiger partial charge in [0.1, 0.15) is 0 Å². The molecule has 0 radical (unpaired) electrons. The molecule has 0 amide bonds. The van der Waals surface area contributed by atoms with Gasteiger partial charge in [-0.3, -0.25) is 4.99 Å². The van der Waals surface area contributed by atoms with Gasteiger partial charge in [0.25, 0.3) is 0 Å². The highest BCUT2D eigenvalue weighted by Crippen LogP contribution is 1.92. The highest BCUT2D eigenvalue weighted by Gasteiger charge is 2.02. The smallest absolute Gasteiger partial charge is 0.349 e. The zero-order valence-corrected chi connectivity index (χ0v) is 10.7. The number of hydrogen-bond acceptors (Lipinski definition) is 1. The molecule has 0 unspecified atom stereocenters. The van der Waals surface area contributed by atoms with Gasteiger partial charge in [0, 0.05) is 34.7 Å². The van der Waals surface area contributed by atoms with Crippen molar-refractivity contribution in [1.29, 1.82) is 0 Å². The van der Waals surface area contributed by atoms with Crippen molar-refractivity contribution in [2.24, 2.45) is 4.99 Å². The summed E-state index contributed by atoms with van der Waals surface area (Å²) in [5.41, 5.74) is 0. The maximum atomic E-state index is 9.67. The van der Waals surface area contributed by atoms with Crippen LogP contribution in [-0.4, -0.2) is 57.2 Å². The summed E-state index contributed by atoms with van der Waals surface area (Å²) in [5.74, 6) is 1.04. The van der Waals surface area contributed by atoms with E-state index in [0.29, 0.717) is 0 Å². The summed E-state index contributed by atoms with van der Waals surface area (Å²) in [6, 6.07) is 0. The molecule has 6 heteroatoms. The predicted octanol–water partition coefficient (Wildman–Crippen LogP) is 2.44. The molecule has 0 N–H and O–H groups in total. The third kappa shape index (κ3) is 13.1. The first-order chi connectivity index (χ1) is 7.32. The molecule has 0 saturated heterocycles. The van der Waals surface area contributed by atoms with Crippen molar-refractivity contribution < 1.29 is 13.2 Å². The summed E-state index contributed by atoms with van der Waals surface area (Å²) in [7, 11) is 8.07. The van der Waals surface area contributed by atoms with Gasteiger partial charge in [0.15, 0.2) is 5.96 Å². The zero-order chi connectivity index (χ0) is 13.1. The van der Waals surface area contributed by atoms with Crippen molar-refractivity contribution in [2.45, 2.75) is 26.4 Å². The number of unbranched alkanes of at least 4 members (excludes halogenated alkanes) is 1. The Kier molecular flexibility index (Phi) is 11.5. The van der Waals surface area contributed by atoms with Crippen molar-refractivity contribution in [1.82, 2.24) is 9.80 Å². The second kappa shape index (κ2) is 10.6. The molecule has 0 aliphatic rings. The molecule has 0 aromatic carbocycles. The van der Waals surface area contributed by atoms with E-state index in [1.54, 1.807) is 0 Å². The van der Waals surface area contributed by atoms with Crippen LogP contribution in [0.4, 0.5) is 13.2 Å². The van der Waals surface area contributed by atoms with Gasteiger partial charge in [-0.15, -0.1) is 0 Å². The SMILES string of the molecule is CCCCN=C(N(C)C)N(C)C.FC(F)F. The van der Waals surface area contributed by atoms with Crippen molar-refractivity contribution in [2.75, 3.05) is 34.7 Å². The lowest BCUT2D eigenvalue weighted by Crippen LogP contribution is -2.35. The molecule has 0 aliphatic heterocycles. The Morgan fingerprint density at radius 3 is 1.69 bits per heavy atom. The lowest BCUT2D eigenvalue weighted by Gasteiger charge is -2.22. The minimum Gasteiger partial charge on any atom is -0.349 e. The van der Waals surface area contributed by atoms with E-state index in [9.17, 15) is 13.2 Å². The van der Waals surface area contributed by atoms with Crippen LogP contribution in [0.3, 0.4) is 0 Å². The van der Waals surface area contributed by atoms with Crippen molar-refractivity contribution in [3.05, 3.63) is 0 Å². The summed E-state index contributed by atoms with van der Waals surface area (Å²) in [5, 5.41) is 0. The molecule has 0 saturated carbocycles. The molecule has 98 valence electrons. The molecule has 0 atom stereocenters. The van der Waals surface area contributed by atoms with Crippen LogP contribution in [-0.2, 0) is 0 Å². The minimum atomic E-state index is -3.67. The molecule has 0 spiro atoms. The number of halogens is 3. The monoisotopic (exact) mass is 241 g/mol.